The molecule has 0 amide bonds. The molecule has 1 aliphatic rings. The third-order valence-corrected chi connectivity index (χ3v) is 2.54. The van der Waals surface area contributed by atoms with Gasteiger partial charge in [0.1, 0.15) is 6.10 Å². The van der Waals surface area contributed by atoms with Gasteiger partial charge in [0.2, 0.25) is 5.88 Å². The monoisotopic (exact) mass is 223 g/mol. The maximum atomic E-state index is 5.71. The van der Waals surface area contributed by atoms with E-state index in [1.54, 1.807) is 13.2 Å². The van der Waals surface area contributed by atoms with Gasteiger partial charge in [-0.1, -0.05) is 0 Å². The van der Waals surface area contributed by atoms with Crippen LogP contribution in [0, 0.1) is 6.92 Å². The third-order valence-electron chi connectivity index (χ3n) is 2.54. The molecule has 1 aromatic heterocycles. The molecule has 0 bridgehead atoms. The molecule has 1 N–H and O–H groups in total. The fourth-order valence-corrected chi connectivity index (χ4v) is 1.74. The number of aryl methyl sites for hydroxylation is 1. The SMILES string of the molecule is COc1cc(C)nc(O[C@@H]2CCCNC2)n1. The average molecular weight is 223 g/mol. The third kappa shape index (κ3) is 2.82. The van der Waals surface area contributed by atoms with Crippen LogP contribution in [-0.2, 0) is 0 Å². The van der Waals surface area contributed by atoms with E-state index in [0.717, 1.165) is 31.6 Å². The van der Waals surface area contributed by atoms with Gasteiger partial charge in [-0.2, -0.15) is 4.98 Å². The second-order valence-electron chi connectivity index (χ2n) is 3.92. The second kappa shape index (κ2) is 5.12. The quantitative estimate of drug-likeness (QED) is 0.826. The predicted octanol–water partition coefficient (Wildman–Crippen LogP) is 0.924. The standard InChI is InChI=1S/C11H17N3O2/c1-8-6-10(15-2)14-11(13-8)16-9-4-3-5-12-7-9/h6,9,12H,3-5,7H2,1-2H3/t9-/m1/s1. The first-order valence-electron chi connectivity index (χ1n) is 5.55. The van der Waals surface area contributed by atoms with E-state index in [9.17, 15) is 0 Å². The van der Waals surface area contributed by atoms with E-state index >= 15 is 0 Å². The van der Waals surface area contributed by atoms with Crippen LogP contribution in [0.3, 0.4) is 0 Å². The predicted molar refractivity (Wildman–Crippen MR) is 59.8 cm³/mol. The molecular formula is C11H17N3O2. The largest absolute Gasteiger partial charge is 0.481 e. The molecule has 1 aliphatic heterocycles. The van der Waals surface area contributed by atoms with Crippen molar-refractivity contribution in [3.05, 3.63) is 11.8 Å². The molecule has 5 nitrogen and oxygen atoms in total. The summed E-state index contributed by atoms with van der Waals surface area (Å²) < 4.78 is 10.8. The van der Waals surface area contributed by atoms with E-state index in [4.69, 9.17) is 9.47 Å². The van der Waals surface area contributed by atoms with Crippen LogP contribution in [0.1, 0.15) is 18.5 Å². The van der Waals surface area contributed by atoms with Crippen LogP contribution >= 0.6 is 0 Å². The Morgan fingerprint density at radius 3 is 3.00 bits per heavy atom. The van der Waals surface area contributed by atoms with E-state index in [1.807, 2.05) is 6.92 Å². The van der Waals surface area contributed by atoms with Crippen molar-refractivity contribution < 1.29 is 9.47 Å². The van der Waals surface area contributed by atoms with Crippen LogP contribution in [0.4, 0.5) is 0 Å². The van der Waals surface area contributed by atoms with Gasteiger partial charge in [-0.25, -0.2) is 4.98 Å². The van der Waals surface area contributed by atoms with Gasteiger partial charge in [-0.15, -0.1) is 0 Å². The van der Waals surface area contributed by atoms with Gasteiger partial charge in [0.05, 0.1) is 7.11 Å². The molecule has 1 fully saturated rings. The maximum Gasteiger partial charge on any atom is 0.320 e. The van der Waals surface area contributed by atoms with E-state index in [1.165, 1.54) is 0 Å². The lowest BCUT2D eigenvalue weighted by Gasteiger charge is -2.22. The summed E-state index contributed by atoms with van der Waals surface area (Å²) in [6, 6.07) is 2.19. The molecule has 5 heteroatoms. The fraction of sp³-hybridized carbons (Fsp3) is 0.636. The van der Waals surface area contributed by atoms with Crippen molar-refractivity contribution in [2.24, 2.45) is 0 Å². The number of nitrogens with one attached hydrogen (secondary N) is 1. The van der Waals surface area contributed by atoms with Gasteiger partial charge >= 0.3 is 6.01 Å². The smallest absolute Gasteiger partial charge is 0.320 e. The number of hydrogen-bond acceptors (Lipinski definition) is 5. The number of methoxy groups -OCH3 is 1. The summed E-state index contributed by atoms with van der Waals surface area (Å²) in [5, 5.41) is 3.29. The summed E-state index contributed by atoms with van der Waals surface area (Å²) in [5.41, 5.74) is 0.852. The van der Waals surface area contributed by atoms with Crippen molar-refractivity contribution >= 4 is 0 Å². The zero-order valence-corrected chi connectivity index (χ0v) is 9.69. The van der Waals surface area contributed by atoms with Crippen LogP contribution < -0.4 is 14.8 Å². The molecule has 0 radical (unpaired) electrons. The highest BCUT2D eigenvalue weighted by Gasteiger charge is 2.16. The molecule has 0 unspecified atom stereocenters. The molecule has 2 heterocycles. The van der Waals surface area contributed by atoms with Crippen molar-refractivity contribution in [1.29, 1.82) is 0 Å². The Hall–Kier alpha value is -1.36. The van der Waals surface area contributed by atoms with Crippen LogP contribution in [-0.4, -0.2) is 36.3 Å². The van der Waals surface area contributed by atoms with Crippen molar-refractivity contribution in [1.82, 2.24) is 15.3 Å². The number of aromatic nitrogens is 2. The molecule has 0 aliphatic carbocycles. The Bertz CT molecular complexity index is 351. The topological polar surface area (TPSA) is 56.3 Å². The zero-order chi connectivity index (χ0) is 11.4. The zero-order valence-electron chi connectivity index (χ0n) is 9.69. The van der Waals surface area contributed by atoms with Gasteiger partial charge in [-0.3, -0.25) is 0 Å². The van der Waals surface area contributed by atoms with Crippen molar-refractivity contribution in [2.75, 3.05) is 20.2 Å². The minimum absolute atomic E-state index is 0.167. The van der Waals surface area contributed by atoms with Crippen LogP contribution in [0.2, 0.25) is 0 Å². The summed E-state index contributed by atoms with van der Waals surface area (Å²) in [7, 11) is 1.59. The molecule has 1 aromatic rings. The van der Waals surface area contributed by atoms with E-state index in [0.29, 0.717) is 11.9 Å². The molecule has 2 rings (SSSR count). The Kier molecular flexibility index (Phi) is 3.56. The molecule has 88 valence electrons. The summed E-state index contributed by atoms with van der Waals surface area (Å²) in [4.78, 5) is 8.40. The minimum Gasteiger partial charge on any atom is -0.481 e. The van der Waals surface area contributed by atoms with Crippen molar-refractivity contribution in [2.45, 2.75) is 25.9 Å². The van der Waals surface area contributed by atoms with E-state index in [2.05, 4.69) is 15.3 Å². The van der Waals surface area contributed by atoms with E-state index < -0.39 is 0 Å². The lowest BCUT2D eigenvalue weighted by Crippen LogP contribution is -2.37. The minimum atomic E-state index is 0.167. The first-order chi connectivity index (χ1) is 7.78. The van der Waals surface area contributed by atoms with Gasteiger partial charge in [0, 0.05) is 18.3 Å². The highest BCUT2D eigenvalue weighted by Crippen LogP contribution is 2.16. The number of rotatable bonds is 3. The highest BCUT2D eigenvalue weighted by atomic mass is 16.5. The van der Waals surface area contributed by atoms with Crippen LogP contribution in [0.25, 0.3) is 0 Å². The molecule has 0 saturated carbocycles. The Labute approximate surface area is 95.2 Å². The summed E-state index contributed by atoms with van der Waals surface area (Å²) in [5.74, 6) is 0.547. The Balaban J connectivity index is 2.04. The maximum absolute atomic E-state index is 5.71. The lowest BCUT2D eigenvalue weighted by atomic mass is 10.1. The molecule has 0 spiro atoms. The Morgan fingerprint density at radius 2 is 2.31 bits per heavy atom. The van der Waals surface area contributed by atoms with Gasteiger partial charge in [0.25, 0.3) is 0 Å². The van der Waals surface area contributed by atoms with Gasteiger partial charge < -0.3 is 14.8 Å². The van der Waals surface area contributed by atoms with Crippen LogP contribution in [0.15, 0.2) is 6.07 Å². The first kappa shape index (κ1) is 11.1. The molecular weight excluding hydrogens is 206 g/mol. The average Bonchev–Trinajstić information content (AvgIpc) is 2.29. The van der Waals surface area contributed by atoms with Crippen molar-refractivity contribution in [3.8, 4) is 11.9 Å². The molecule has 1 atom stereocenters. The van der Waals surface area contributed by atoms with E-state index in [-0.39, 0.29) is 6.10 Å². The number of piperidine rings is 1. The summed E-state index contributed by atoms with van der Waals surface area (Å²) in [6.45, 7) is 3.83. The lowest BCUT2D eigenvalue weighted by molar-refractivity contribution is 0.151. The molecule has 0 aromatic carbocycles. The van der Waals surface area contributed by atoms with Crippen molar-refractivity contribution in [3.63, 3.8) is 0 Å². The number of nitrogens with zero attached hydrogens (tertiary/aromatic N) is 2. The summed E-state index contributed by atoms with van der Waals surface area (Å²) >= 11 is 0. The number of ether oxygens (including phenoxy) is 2. The number of hydrogen-bond donors (Lipinski definition) is 1. The van der Waals surface area contributed by atoms with Crippen LogP contribution in [0.5, 0.6) is 11.9 Å². The normalized spacial score (nSPS) is 20.5. The summed E-state index contributed by atoms with van der Waals surface area (Å²) in [6.07, 6.45) is 2.35. The van der Waals surface area contributed by atoms with Gasteiger partial charge in [-0.05, 0) is 26.3 Å². The first-order valence-corrected chi connectivity index (χ1v) is 5.55. The molecule has 1 saturated heterocycles. The Morgan fingerprint density at radius 1 is 1.44 bits per heavy atom. The fourth-order valence-electron chi connectivity index (χ4n) is 1.74. The molecule has 16 heavy (non-hydrogen) atoms. The second-order valence-corrected chi connectivity index (χ2v) is 3.92. The highest BCUT2D eigenvalue weighted by molar-refractivity contribution is 5.17. The van der Waals surface area contributed by atoms with Gasteiger partial charge in [0.15, 0.2) is 0 Å².